The highest BCUT2D eigenvalue weighted by atomic mass is 32.2. The average Bonchev–Trinajstić information content (AvgIpc) is 3.45. The van der Waals surface area contributed by atoms with Crippen molar-refractivity contribution >= 4 is 28.3 Å². The second kappa shape index (κ2) is 7.10. The van der Waals surface area contributed by atoms with Crippen molar-refractivity contribution in [2.24, 2.45) is 16.6 Å². The molecule has 5 nitrogen and oxygen atoms in total. The van der Waals surface area contributed by atoms with Crippen LogP contribution >= 0.6 is 0 Å². The number of hydrogen-bond acceptors (Lipinski definition) is 5. The fraction of sp³-hybridized carbons (Fsp3) is 0.316. The first-order chi connectivity index (χ1) is 13.0. The zero-order valence-electron chi connectivity index (χ0n) is 14.4. The first-order valence-corrected chi connectivity index (χ1v) is 9.92. The number of nitrogens with two attached hydrogens (primary N) is 1. The van der Waals surface area contributed by atoms with Crippen LogP contribution in [0.4, 0.5) is 20.2 Å². The van der Waals surface area contributed by atoms with Gasteiger partial charge in [0, 0.05) is 11.3 Å². The molecule has 0 aromatic heterocycles. The number of benzene rings is 2. The van der Waals surface area contributed by atoms with Gasteiger partial charge in [0.25, 0.3) is 0 Å². The second-order valence-electron chi connectivity index (χ2n) is 6.85. The molecule has 0 bridgehead atoms. The SMILES string of the molecule is N[C@H](C1=Nc2cccc(CS(=O)[O-])c2CN1c1c(F)cccc1F)C1CC1. The summed E-state index contributed by atoms with van der Waals surface area (Å²) in [5.74, 6) is -0.955. The lowest BCUT2D eigenvalue weighted by Crippen LogP contribution is -2.47. The van der Waals surface area contributed by atoms with Crippen LogP contribution in [-0.4, -0.2) is 20.6 Å². The maximum atomic E-state index is 14.5. The first kappa shape index (κ1) is 18.2. The number of nitrogens with zero attached hydrogens (tertiary/aromatic N) is 2. The van der Waals surface area contributed by atoms with Crippen LogP contribution < -0.4 is 10.6 Å². The zero-order chi connectivity index (χ0) is 19.1. The van der Waals surface area contributed by atoms with E-state index < -0.39 is 28.8 Å². The normalized spacial score (nSPS) is 18.7. The van der Waals surface area contributed by atoms with Crippen LogP contribution in [0.15, 0.2) is 41.4 Å². The minimum Gasteiger partial charge on any atom is -0.772 e. The van der Waals surface area contributed by atoms with Gasteiger partial charge in [-0.2, -0.15) is 0 Å². The molecule has 2 atom stereocenters. The van der Waals surface area contributed by atoms with E-state index in [0.717, 1.165) is 12.8 Å². The maximum Gasteiger partial charge on any atom is 0.149 e. The van der Waals surface area contributed by atoms with Gasteiger partial charge in [0.15, 0.2) is 0 Å². The van der Waals surface area contributed by atoms with E-state index >= 15 is 0 Å². The predicted molar refractivity (Wildman–Crippen MR) is 99.4 cm³/mol. The van der Waals surface area contributed by atoms with Crippen molar-refractivity contribution < 1.29 is 17.5 Å². The third kappa shape index (κ3) is 3.52. The molecule has 2 N–H and O–H groups in total. The number of aliphatic imine (C=N–C) groups is 1. The number of hydrogen-bond donors (Lipinski definition) is 1. The smallest absolute Gasteiger partial charge is 0.149 e. The molecular weight excluding hydrogens is 372 g/mol. The van der Waals surface area contributed by atoms with Crippen LogP contribution in [0.2, 0.25) is 0 Å². The lowest BCUT2D eigenvalue weighted by molar-refractivity contribution is 0.536. The molecule has 0 amide bonds. The Morgan fingerprint density at radius 1 is 1.22 bits per heavy atom. The number of halogens is 2. The van der Waals surface area contributed by atoms with Gasteiger partial charge in [-0.3, -0.25) is 4.21 Å². The van der Waals surface area contributed by atoms with E-state index in [2.05, 4.69) is 4.99 Å². The van der Waals surface area contributed by atoms with Crippen LogP contribution in [-0.2, 0) is 23.4 Å². The molecule has 1 aliphatic carbocycles. The Bertz CT molecular complexity index is 926. The first-order valence-electron chi connectivity index (χ1n) is 8.68. The third-order valence-electron chi connectivity index (χ3n) is 4.98. The van der Waals surface area contributed by atoms with Gasteiger partial charge in [-0.25, -0.2) is 13.8 Å². The Balaban J connectivity index is 1.85. The number of para-hydroxylation sites is 1. The van der Waals surface area contributed by atoms with Gasteiger partial charge in [-0.1, -0.05) is 29.3 Å². The van der Waals surface area contributed by atoms with Gasteiger partial charge in [0.2, 0.25) is 0 Å². The van der Waals surface area contributed by atoms with Crippen LogP contribution in [0.5, 0.6) is 0 Å². The summed E-state index contributed by atoms with van der Waals surface area (Å²) < 4.78 is 51.4. The van der Waals surface area contributed by atoms with Crippen molar-refractivity contribution in [2.75, 3.05) is 4.90 Å². The third-order valence-corrected chi connectivity index (χ3v) is 5.53. The molecule has 0 spiro atoms. The predicted octanol–water partition coefficient (Wildman–Crippen LogP) is 3.13. The van der Waals surface area contributed by atoms with Crippen LogP contribution in [0.1, 0.15) is 24.0 Å². The molecule has 2 aromatic rings. The second-order valence-corrected chi connectivity index (χ2v) is 7.75. The Labute approximate surface area is 158 Å². The highest BCUT2D eigenvalue weighted by Crippen LogP contribution is 2.39. The van der Waals surface area contributed by atoms with Gasteiger partial charge in [-0.15, -0.1) is 0 Å². The highest BCUT2D eigenvalue weighted by molar-refractivity contribution is 7.78. The van der Waals surface area contributed by atoms with Gasteiger partial charge in [0.05, 0.1) is 18.3 Å². The molecule has 1 aliphatic heterocycles. The summed E-state index contributed by atoms with van der Waals surface area (Å²) in [6.07, 6.45) is 1.91. The van der Waals surface area contributed by atoms with Crippen LogP contribution in [0, 0.1) is 17.6 Å². The average molecular weight is 390 g/mol. The summed E-state index contributed by atoms with van der Waals surface area (Å²) in [6.45, 7) is 0.111. The van der Waals surface area contributed by atoms with Crippen molar-refractivity contribution in [1.82, 2.24) is 0 Å². The molecule has 142 valence electrons. The summed E-state index contributed by atoms with van der Waals surface area (Å²) in [4.78, 5) is 6.05. The number of fused-ring (bicyclic) bond motifs is 1. The summed E-state index contributed by atoms with van der Waals surface area (Å²) in [7, 11) is 0. The Hall–Kier alpha value is -2.16. The summed E-state index contributed by atoms with van der Waals surface area (Å²) in [5.41, 5.74) is 7.92. The molecule has 27 heavy (non-hydrogen) atoms. The molecule has 1 heterocycles. The van der Waals surface area contributed by atoms with E-state index in [4.69, 9.17) is 5.73 Å². The topological polar surface area (TPSA) is 81.7 Å². The lowest BCUT2D eigenvalue weighted by atomic mass is 10.0. The number of rotatable bonds is 5. The number of amidine groups is 1. The molecule has 8 heteroatoms. The Morgan fingerprint density at radius 3 is 2.52 bits per heavy atom. The fourth-order valence-electron chi connectivity index (χ4n) is 3.45. The fourth-order valence-corrected chi connectivity index (χ4v) is 3.98. The van der Waals surface area contributed by atoms with E-state index in [1.165, 1.54) is 23.1 Å². The molecule has 1 fully saturated rings. The molecule has 2 aromatic carbocycles. The van der Waals surface area contributed by atoms with Gasteiger partial charge < -0.3 is 15.2 Å². The summed E-state index contributed by atoms with van der Waals surface area (Å²) in [6, 6.07) is 8.42. The van der Waals surface area contributed by atoms with E-state index in [1.54, 1.807) is 18.2 Å². The Morgan fingerprint density at radius 2 is 1.89 bits per heavy atom. The van der Waals surface area contributed by atoms with Crippen molar-refractivity contribution in [3.05, 3.63) is 59.2 Å². The van der Waals surface area contributed by atoms with Crippen molar-refractivity contribution in [1.29, 1.82) is 0 Å². The van der Waals surface area contributed by atoms with Gasteiger partial charge in [0.1, 0.15) is 23.2 Å². The van der Waals surface area contributed by atoms with Crippen molar-refractivity contribution in [3.8, 4) is 0 Å². The van der Waals surface area contributed by atoms with Crippen LogP contribution in [0.3, 0.4) is 0 Å². The number of anilines is 1. The maximum absolute atomic E-state index is 14.5. The standard InChI is InChI=1S/C19H19F2N3O2S/c20-14-4-2-5-15(21)18(14)24-9-13-12(10-27(25)26)3-1-6-16(13)23-19(24)17(22)11-7-8-11/h1-6,11,17H,7-10,22H2,(H,25,26)/p-1/t17-/m0/s1. The lowest BCUT2D eigenvalue weighted by Gasteiger charge is -2.34. The molecule has 1 unspecified atom stereocenters. The summed E-state index contributed by atoms with van der Waals surface area (Å²) >= 11 is -2.28. The molecular formula is C19H18F2N3O2S-. The zero-order valence-corrected chi connectivity index (χ0v) is 15.2. The van der Waals surface area contributed by atoms with Crippen LogP contribution in [0.25, 0.3) is 0 Å². The minimum atomic E-state index is -2.28. The quantitative estimate of drug-likeness (QED) is 0.796. The van der Waals surface area contributed by atoms with Gasteiger partial charge >= 0.3 is 0 Å². The van der Waals surface area contributed by atoms with Crippen molar-refractivity contribution in [3.63, 3.8) is 0 Å². The van der Waals surface area contributed by atoms with E-state index in [9.17, 15) is 17.5 Å². The summed E-state index contributed by atoms with van der Waals surface area (Å²) in [5, 5.41) is 0. The molecule has 0 radical (unpaired) electrons. The van der Waals surface area contributed by atoms with Crippen molar-refractivity contribution in [2.45, 2.75) is 31.2 Å². The molecule has 1 saturated carbocycles. The Kier molecular flexibility index (Phi) is 4.79. The van der Waals surface area contributed by atoms with Gasteiger partial charge in [-0.05, 0) is 42.5 Å². The molecule has 4 rings (SSSR count). The largest absolute Gasteiger partial charge is 0.772 e. The van der Waals surface area contributed by atoms with E-state index in [-0.39, 0.29) is 23.9 Å². The monoisotopic (exact) mass is 390 g/mol. The molecule has 0 saturated heterocycles. The highest BCUT2D eigenvalue weighted by Gasteiger charge is 2.38. The molecule has 2 aliphatic rings. The van der Waals surface area contributed by atoms with E-state index in [1.807, 2.05) is 0 Å². The van der Waals surface area contributed by atoms with E-state index in [0.29, 0.717) is 22.6 Å². The minimum absolute atomic E-state index is 0.111.